The highest BCUT2D eigenvalue weighted by molar-refractivity contribution is 7.89. The van der Waals surface area contributed by atoms with Crippen molar-refractivity contribution in [2.45, 2.75) is 11.4 Å². The number of benzene rings is 2. The first kappa shape index (κ1) is 17.4. The third-order valence-electron chi connectivity index (χ3n) is 4.13. The van der Waals surface area contributed by atoms with E-state index in [1.165, 1.54) is 28.6 Å². The molecule has 24 heavy (non-hydrogen) atoms. The van der Waals surface area contributed by atoms with Crippen LogP contribution in [0.5, 0.6) is 0 Å². The first-order valence-corrected chi connectivity index (χ1v) is 9.50. The van der Waals surface area contributed by atoms with Crippen LogP contribution in [0.25, 0.3) is 0 Å². The number of hydrogen-bond donors (Lipinski definition) is 0. The van der Waals surface area contributed by atoms with Crippen molar-refractivity contribution in [3.8, 4) is 0 Å². The van der Waals surface area contributed by atoms with Crippen LogP contribution in [0.3, 0.4) is 0 Å². The molecule has 1 aliphatic rings. The lowest BCUT2D eigenvalue weighted by atomic mass is 10.2. The fourth-order valence-electron chi connectivity index (χ4n) is 2.75. The Morgan fingerprint density at radius 3 is 2.21 bits per heavy atom. The predicted octanol–water partition coefficient (Wildman–Crippen LogP) is 2.99. The number of rotatable bonds is 4. The van der Waals surface area contributed by atoms with Crippen LogP contribution in [0.1, 0.15) is 5.56 Å². The molecule has 1 heterocycles. The van der Waals surface area contributed by atoms with Crippen LogP contribution in [0.2, 0.25) is 5.02 Å². The van der Waals surface area contributed by atoms with Crippen molar-refractivity contribution in [1.29, 1.82) is 0 Å². The first-order valence-electron chi connectivity index (χ1n) is 7.68. The van der Waals surface area contributed by atoms with E-state index in [1.54, 1.807) is 0 Å². The fraction of sp³-hybridized carbons (Fsp3) is 0.294. The Kier molecular flexibility index (Phi) is 5.20. The topological polar surface area (TPSA) is 40.6 Å². The van der Waals surface area contributed by atoms with Crippen molar-refractivity contribution in [1.82, 2.24) is 9.21 Å². The monoisotopic (exact) mass is 368 g/mol. The minimum absolute atomic E-state index is 0.128. The molecule has 1 aliphatic heterocycles. The maximum absolute atomic E-state index is 13.0. The molecule has 7 heteroatoms. The summed E-state index contributed by atoms with van der Waals surface area (Å²) in [6.45, 7) is 2.77. The third-order valence-corrected chi connectivity index (χ3v) is 6.42. The van der Waals surface area contributed by atoms with Crippen LogP contribution in [-0.2, 0) is 16.6 Å². The van der Waals surface area contributed by atoms with Gasteiger partial charge in [-0.25, -0.2) is 12.8 Å². The number of sulfonamides is 1. The summed E-state index contributed by atoms with van der Waals surface area (Å²) in [6, 6.07) is 12.6. The number of halogens is 2. The van der Waals surface area contributed by atoms with Gasteiger partial charge in [0.2, 0.25) is 10.0 Å². The molecule has 0 unspecified atom stereocenters. The maximum Gasteiger partial charge on any atom is 0.243 e. The van der Waals surface area contributed by atoms with Crippen molar-refractivity contribution in [3.63, 3.8) is 0 Å². The molecule has 4 nitrogen and oxygen atoms in total. The number of nitrogens with zero attached hydrogens (tertiary/aromatic N) is 2. The van der Waals surface area contributed by atoms with Gasteiger partial charge in [0.1, 0.15) is 5.82 Å². The zero-order valence-corrected chi connectivity index (χ0v) is 14.6. The Hall–Kier alpha value is -1.47. The minimum Gasteiger partial charge on any atom is -0.296 e. The standard InChI is InChI=1S/C17H18ClFN2O2S/c18-17-4-2-1-3-14(17)13-20-9-11-21(12-10-20)24(22,23)16-7-5-15(19)6-8-16/h1-8H,9-13H2. The summed E-state index contributed by atoms with van der Waals surface area (Å²) in [7, 11) is -3.57. The zero-order chi connectivity index (χ0) is 17.2. The van der Waals surface area contributed by atoms with E-state index in [4.69, 9.17) is 11.6 Å². The highest BCUT2D eigenvalue weighted by Crippen LogP contribution is 2.21. The maximum atomic E-state index is 13.0. The van der Waals surface area contributed by atoms with E-state index in [0.717, 1.165) is 10.6 Å². The van der Waals surface area contributed by atoms with Gasteiger partial charge in [0, 0.05) is 37.7 Å². The Balaban J connectivity index is 1.64. The summed E-state index contributed by atoms with van der Waals surface area (Å²) in [4.78, 5) is 2.31. The van der Waals surface area contributed by atoms with E-state index in [0.29, 0.717) is 32.7 Å². The van der Waals surface area contributed by atoms with Crippen LogP contribution in [0.15, 0.2) is 53.4 Å². The molecule has 0 N–H and O–H groups in total. The molecule has 0 radical (unpaired) electrons. The lowest BCUT2D eigenvalue weighted by Gasteiger charge is -2.34. The van der Waals surface area contributed by atoms with Crippen LogP contribution in [-0.4, -0.2) is 43.8 Å². The van der Waals surface area contributed by atoms with Crippen molar-refractivity contribution in [2.24, 2.45) is 0 Å². The molecule has 0 aromatic heterocycles. The van der Waals surface area contributed by atoms with Gasteiger partial charge in [0.25, 0.3) is 0 Å². The van der Waals surface area contributed by atoms with E-state index in [1.807, 2.05) is 24.3 Å². The average Bonchev–Trinajstić information content (AvgIpc) is 2.58. The van der Waals surface area contributed by atoms with Crippen LogP contribution >= 0.6 is 11.6 Å². The smallest absolute Gasteiger partial charge is 0.243 e. The normalized spacial score (nSPS) is 17.1. The van der Waals surface area contributed by atoms with Crippen LogP contribution in [0, 0.1) is 5.82 Å². The fourth-order valence-corrected chi connectivity index (χ4v) is 4.37. The quantitative estimate of drug-likeness (QED) is 0.833. The second kappa shape index (κ2) is 7.19. The van der Waals surface area contributed by atoms with Crippen LogP contribution < -0.4 is 0 Å². The van der Waals surface area contributed by atoms with E-state index in [9.17, 15) is 12.8 Å². The average molecular weight is 369 g/mol. The van der Waals surface area contributed by atoms with Gasteiger partial charge in [0.05, 0.1) is 4.90 Å². The molecule has 0 saturated carbocycles. The SMILES string of the molecule is O=S(=O)(c1ccc(F)cc1)N1CCN(Cc2ccccc2Cl)CC1. The van der Waals surface area contributed by atoms with Gasteiger partial charge in [-0.3, -0.25) is 4.90 Å². The lowest BCUT2D eigenvalue weighted by Crippen LogP contribution is -2.48. The Labute approximate surface area is 146 Å². The number of piperazine rings is 1. The molecule has 0 spiro atoms. The molecular weight excluding hydrogens is 351 g/mol. The highest BCUT2D eigenvalue weighted by Gasteiger charge is 2.28. The molecule has 0 bridgehead atoms. The van der Waals surface area contributed by atoms with E-state index >= 15 is 0 Å². The summed E-state index contributed by atoms with van der Waals surface area (Å²) in [5, 5.41) is 0.721. The first-order chi connectivity index (χ1) is 11.5. The van der Waals surface area contributed by atoms with Gasteiger partial charge in [-0.1, -0.05) is 29.8 Å². The molecule has 0 aliphatic carbocycles. The van der Waals surface area contributed by atoms with Gasteiger partial charge in [-0.2, -0.15) is 4.31 Å². The van der Waals surface area contributed by atoms with Gasteiger partial charge in [-0.15, -0.1) is 0 Å². The minimum atomic E-state index is -3.57. The molecule has 0 atom stereocenters. The molecule has 2 aromatic carbocycles. The number of hydrogen-bond acceptors (Lipinski definition) is 3. The molecule has 2 aromatic rings. The second-order valence-corrected chi connectivity index (χ2v) is 8.07. The van der Waals surface area contributed by atoms with Gasteiger partial charge in [0.15, 0.2) is 0 Å². The van der Waals surface area contributed by atoms with Crippen LogP contribution in [0.4, 0.5) is 4.39 Å². The Bertz CT molecular complexity index is 804. The summed E-state index contributed by atoms with van der Waals surface area (Å²) >= 11 is 6.17. The van der Waals surface area contributed by atoms with E-state index in [2.05, 4.69) is 4.90 Å². The van der Waals surface area contributed by atoms with Gasteiger partial charge in [-0.05, 0) is 35.9 Å². The molecule has 1 saturated heterocycles. The third kappa shape index (κ3) is 3.78. The zero-order valence-electron chi connectivity index (χ0n) is 13.0. The van der Waals surface area contributed by atoms with E-state index < -0.39 is 15.8 Å². The Morgan fingerprint density at radius 2 is 1.58 bits per heavy atom. The largest absolute Gasteiger partial charge is 0.296 e. The van der Waals surface area contributed by atoms with Crippen molar-refractivity contribution >= 4 is 21.6 Å². The van der Waals surface area contributed by atoms with Crippen molar-refractivity contribution in [2.75, 3.05) is 26.2 Å². The second-order valence-electron chi connectivity index (χ2n) is 5.73. The summed E-state index contributed by atoms with van der Waals surface area (Å²) in [6.07, 6.45) is 0. The molecular formula is C17H18ClFN2O2S. The summed E-state index contributed by atoms with van der Waals surface area (Å²) in [5.41, 5.74) is 1.04. The Morgan fingerprint density at radius 1 is 0.958 bits per heavy atom. The predicted molar refractivity (Wildman–Crippen MR) is 91.9 cm³/mol. The molecule has 128 valence electrons. The molecule has 3 rings (SSSR count). The summed E-state index contributed by atoms with van der Waals surface area (Å²) < 4.78 is 39.6. The van der Waals surface area contributed by atoms with Crippen molar-refractivity contribution < 1.29 is 12.8 Å². The van der Waals surface area contributed by atoms with E-state index in [-0.39, 0.29) is 4.90 Å². The summed E-state index contributed by atoms with van der Waals surface area (Å²) in [5.74, 6) is -0.446. The van der Waals surface area contributed by atoms with Gasteiger partial charge < -0.3 is 0 Å². The highest BCUT2D eigenvalue weighted by atomic mass is 35.5. The van der Waals surface area contributed by atoms with Gasteiger partial charge >= 0.3 is 0 Å². The lowest BCUT2D eigenvalue weighted by molar-refractivity contribution is 0.181. The van der Waals surface area contributed by atoms with Crippen molar-refractivity contribution in [3.05, 3.63) is 64.9 Å². The molecule has 1 fully saturated rings. The molecule has 0 amide bonds.